The fourth-order valence-corrected chi connectivity index (χ4v) is 7.76. The van der Waals surface area contributed by atoms with Gasteiger partial charge in [0.15, 0.2) is 5.78 Å². The Morgan fingerprint density at radius 3 is 2.64 bits per heavy atom. The monoisotopic (exact) mass is 386 g/mol. The summed E-state index contributed by atoms with van der Waals surface area (Å²) in [6.07, 6.45) is 9.16. The van der Waals surface area contributed by atoms with Crippen molar-refractivity contribution < 1.29 is 19.5 Å². The zero-order valence-corrected chi connectivity index (χ0v) is 17.5. The zero-order valence-electron chi connectivity index (χ0n) is 17.5. The zero-order chi connectivity index (χ0) is 20.3. The minimum absolute atomic E-state index is 0.0147. The summed E-state index contributed by atoms with van der Waals surface area (Å²) in [6.45, 7) is 6.65. The number of ketones is 2. The van der Waals surface area contributed by atoms with Crippen LogP contribution >= 0.6 is 0 Å². The lowest BCUT2D eigenvalue weighted by Crippen LogP contribution is -2.55. The molecule has 0 unspecified atom stereocenters. The Balaban J connectivity index is 1.61. The standard InChI is InChI=1S/C24H34O4/c1-14(4-9-22(27)28)18-7-8-19-17-6-5-15-12-16(25)10-11-23(15,2)20(17)13-21(26)24(18,19)3/h12,14,17-20H,4-11,13H2,1-3H3,(H,27,28)/t14-,17+,18-,19+,20+,23-,24+/m0/s1. The Morgan fingerprint density at radius 1 is 1.18 bits per heavy atom. The number of carboxylic acid groups (broad SMARTS) is 1. The maximum absolute atomic E-state index is 13.6. The second kappa shape index (κ2) is 6.81. The fraction of sp³-hybridized carbons (Fsp3) is 0.792. The number of hydrogen-bond donors (Lipinski definition) is 1. The normalized spacial score (nSPS) is 43.6. The minimum Gasteiger partial charge on any atom is -0.481 e. The van der Waals surface area contributed by atoms with Gasteiger partial charge in [0.05, 0.1) is 0 Å². The molecule has 4 heteroatoms. The Labute approximate surface area is 168 Å². The van der Waals surface area contributed by atoms with Gasteiger partial charge in [0.25, 0.3) is 0 Å². The molecule has 3 fully saturated rings. The highest BCUT2D eigenvalue weighted by atomic mass is 16.4. The molecular weight excluding hydrogens is 352 g/mol. The van der Waals surface area contributed by atoms with Crippen LogP contribution in [0.3, 0.4) is 0 Å². The molecule has 28 heavy (non-hydrogen) atoms. The van der Waals surface area contributed by atoms with E-state index in [1.165, 1.54) is 5.57 Å². The van der Waals surface area contributed by atoms with E-state index in [9.17, 15) is 14.4 Å². The average molecular weight is 387 g/mol. The van der Waals surface area contributed by atoms with E-state index < -0.39 is 5.97 Å². The molecule has 4 rings (SSSR count). The first kappa shape index (κ1) is 19.8. The van der Waals surface area contributed by atoms with Crippen LogP contribution in [0.25, 0.3) is 0 Å². The quantitative estimate of drug-likeness (QED) is 0.752. The molecule has 0 aliphatic heterocycles. The number of fused-ring (bicyclic) bond motifs is 5. The predicted octanol–water partition coefficient (Wildman–Crippen LogP) is 4.81. The molecule has 7 atom stereocenters. The Hall–Kier alpha value is -1.45. The molecule has 4 nitrogen and oxygen atoms in total. The highest BCUT2D eigenvalue weighted by molar-refractivity contribution is 5.92. The SMILES string of the molecule is C[C@@H](CCC(=O)O)[C@@H]1CC[C@@H]2[C@H]3CCC4=CC(=O)CC[C@]4(C)[C@@H]3CC(=O)[C@@]21C. The van der Waals surface area contributed by atoms with Crippen molar-refractivity contribution in [2.24, 2.45) is 40.4 Å². The molecule has 1 N–H and O–H groups in total. The van der Waals surface area contributed by atoms with E-state index in [-0.39, 0.29) is 29.0 Å². The molecule has 0 aromatic rings. The van der Waals surface area contributed by atoms with E-state index in [0.717, 1.165) is 32.1 Å². The first-order chi connectivity index (χ1) is 13.2. The highest BCUT2D eigenvalue weighted by Gasteiger charge is 2.63. The van der Waals surface area contributed by atoms with Crippen molar-refractivity contribution in [1.82, 2.24) is 0 Å². The fourth-order valence-electron chi connectivity index (χ4n) is 7.76. The Kier molecular flexibility index (Phi) is 4.83. The van der Waals surface area contributed by atoms with Crippen LogP contribution in [0, 0.1) is 40.4 Å². The first-order valence-corrected chi connectivity index (χ1v) is 11.2. The molecular formula is C24H34O4. The third-order valence-electron chi connectivity index (χ3n) is 9.39. The summed E-state index contributed by atoms with van der Waals surface area (Å²) in [5.74, 6) is 1.86. The summed E-state index contributed by atoms with van der Waals surface area (Å²) in [7, 11) is 0. The van der Waals surface area contributed by atoms with Gasteiger partial charge in [-0.05, 0) is 79.6 Å². The molecule has 3 saturated carbocycles. The molecule has 154 valence electrons. The van der Waals surface area contributed by atoms with E-state index in [4.69, 9.17) is 5.11 Å². The van der Waals surface area contributed by atoms with E-state index in [0.29, 0.717) is 48.7 Å². The van der Waals surface area contributed by atoms with E-state index in [1.807, 2.05) is 6.08 Å². The van der Waals surface area contributed by atoms with Crippen molar-refractivity contribution >= 4 is 17.5 Å². The van der Waals surface area contributed by atoms with Crippen molar-refractivity contribution in [3.05, 3.63) is 11.6 Å². The van der Waals surface area contributed by atoms with Gasteiger partial charge in [0.1, 0.15) is 5.78 Å². The number of Topliss-reactive ketones (excluding diaryl/α,β-unsaturated/α-hetero) is 1. The Bertz CT molecular complexity index is 737. The van der Waals surface area contributed by atoms with E-state index in [2.05, 4.69) is 20.8 Å². The number of rotatable bonds is 4. The van der Waals surface area contributed by atoms with Gasteiger partial charge in [-0.3, -0.25) is 14.4 Å². The lowest BCUT2D eigenvalue weighted by molar-refractivity contribution is -0.148. The maximum Gasteiger partial charge on any atom is 0.303 e. The van der Waals surface area contributed by atoms with Gasteiger partial charge in [-0.2, -0.15) is 0 Å². The van der Waals surface area contributed by atoms with Gasteiger partial charge in [-0.25, -0.2) is 0 Å². The van der Waals surface area contributed by atoms with Crippen molar-refractivity contribution in [1.29, 1.82) is 0 Å². The minimum atomic E-state index is -0.743. The smallest absolute Gasteiger partial charge is 0.303 e. The summed E-state index contributed by atoms with van der Waals surface area (Å²) >= 11 is 0. The van der Waals surface area contributed by atoms with Crippen molar-refractivity contribution in [3.8, 4) is 0 Å². The van der Waals surface area contributed by atoms with Crippen LogP contribution in [0.5, 0.6) is 0 Å². The Morgan fingerprint density at radius 2 is 1.93 bits per heavy atom. The molecule has 0 spiro atoms. The maximum atomic E-state index is 13.6. The van der Waals surface area contributed by atoms with Gasteiger partial charge in [-0.15, -0.1) is 0 Å². The summed E-state index contributed by atoms with van der Waals surface area (Å²) in [4.78, 5) is 36.6. The van der Waals surface area contributed by atoms with Gasteiger partial charge >= 0.3 is 5.97 Å². The molecule has 4 aliphatic rings. The van der Waals surface area contributed by atoms with Gasteiger partial charge in [0, 0.05) is 24.7 Å². The summed E-state index contributed by atoms with van der Waals surface area (Å²) in [5.41, 5.74) is 1.02. The van der Waals surface area contributed by atoms with Crippen LogP contribution in [0.15, 0.2) is 11.6 Å². The number of aliphatic carboxylic acids is 1. The molecule has 0 aromatic carbocycles. The number of allylic oxidation sites excluding steroid dienone is 1. The van der Waals surface area contributed by atoms with Crippen LogP contribution in [0.2, 0.25) is 0 Å². The number of carbonyl (C=O) groups is 3. The third-order valence-corrected chi connectivity index (χ3v) is 9.39. The van der Waals surface area contributed by atoms with Crippen LogP contribution in [-0.4, -0.2) is 22.6 Å². The summed E-state index contributed by atoms with van der Waals surface area (Å²) in [5, 5.41) is 9.07. The predicted molar refractivity (Wildman–Crippen MR) is 107 cm³/mol. The lowest BCUT2D eigenvalue weighted by Gasteiger charge is -2.57. The molecule has 0 bridgehead atoms. The van der Waals surface area contributed by atoms with Crippen molar-refractivity contribution in [2.45, 2.75) is 78.6 Å². The molecule has 0 saturated heterocycles. The first-order valence-electron chi connectivity index (χ1n) is 11.2. The van der Waals surface area contributed by atoms with Crippen LogP contribution in [0.1, 0.15) is 78.6 Å². The highest BCUT2D eigenvalue weighted by Crippen LogP contribution is 2.66. The van der Waals surface area contributed by atoms with Crippen LogP contribution in [0.4, 0.5) is 0 Å². The summed E-state index contributed by atoms with van der Waals surface area (Å²) < 4.78 is 0. The molecule has 0 aromatic heterocycles. The summed E-state index contributed by atoms with van der Waals surface area (Å²) in [6, 6.07) is 0. The van der Waals surface area contributed by atoms with Crippen LogP contribution in [-0.2, 0) is 14.4 Å². The number of carbonyl (C=O) groups excluding carboxylic acids is 2. The van der Waals surface area contributed by atoms with E-state index >= 15 is 0 Å². The van der Waals surface area contributed by atoms with E-state index in [1.54, 1.807) is 0 Å². The largest absolute Gasteiger partial charge is 0.481 e. The topological polar surface area (TPSA) is 71.4 Å². The van der Waals surface area contributed by atoms with Gasteiger partial charge in [0.2, 0.25) is 0 Å². The number of carboxylic acids is 1. The van der Waals surface area contributed by atoms with Gasteiger partial charge in [-0.1, -0.05) is 26.3 Å². The second-order valence-electron chi connectivity index (χ2n) is 10.5. The van der Waals surface area contributed by atoms with Crippen molar-refractivity contribution in [3.63, 3.8) is 0 Å². The third kappa shape index (κ3) is 2.81. The van der Waals surface area contributed by atoms with Gasteiger partial charge < -0.3 is 5.11 Å². The molecule has 0 radical (unpaired) electrons. The number of hydrogen-bond acceptors (Lipinski definition) is 3. The van der Waals surface area contributed by atoms with Crippen LogP contribution < -0.4 is 0 Å². The lowest BCUT2D eigenvalue weighted by atomic mass is 9.46. The molecule has 4 aliphatic carbocycles. The second-order valence-corrected chi connectivity index (χ2v) is 10.5. The molecule has 0 amide bonds. The average Bonchev–Trinajstić information content (AvgIpc) is 3.00. The van der Waals surface area contributed by atoms with Crippen molar-refractivity contribution in [2.75, 3.05) is 0 Å². The molecule has 0 heterocycles.